The van der Waals surface area contributed by atoms with E-state index in [-0.39, 0.29) is 18.6 Å². The Kier molecular flexibility index (Phi) is 3.69. The van der Waals surface area contributed by atoms with Gasteiger partial charge in [0, 0.05) is 12.6 Å². The van der Waals surface area contributed by atoms with E-state index in [1.54, 1.807) is 0 Å². The molecule has 0 aliphatic carbocycles. The van der Waals surface area contributed by atoms with E-state index in [1.807, 2.05) is 11.8 Å². The van der Waals surface area contributed by atoms with E-state index in [4.69, 9.17) is 10.2 Å². The quantitative estimate of drug-likeness (QED) is 0.661. The Balaban J connectivity index is 2.54. The lowest BCUT2D eigenvalue weighted by atomic mass is 9.90. The van der Waals surface area contributed by atoms with Crippen molar-refractivity contribution >= 4 is 5.97 Å². The summed E-state index contributed by atoms with van der Waals surface area (Å²) in [6.45, 7) is 3.53. The minimum absolute atomic E-state index is 0.0541. The van der Waals surface area contributed by atoms with Crippen LogP contribution in [0.2, 0.25) is 0 Å². The molecule has 0 aromatic heterocycles. The molecule has 1 heterocycles. The van der Waals surface area contributed by atoms with E-state index in [1.165, 1.54) is 0 Å². The molecular weight excluding hydrogens is 170 g/mol. The van der Waals surface area contributed by atoms with Crippen molar-refractivity contribution in [1.29, 1.82) is 0 Å². The van der Waals surface area contributed by atoms with Crippen molar-refractivity contribution in [2.75, 3.05) is 19.7 Å². The molecule has 4 heteroatoms. The zero-order chi connectivity index (χ0) is 9.84. The number of rotatable bonds is 3. The van der Waals surface area contributed by atoms with Crippen LogP contribution in [0.25, 0.3) is 0 Å². The average Bonchev–Trinajstić information content (AvgIpc) is 2.08. The molecule has 0 radical (unpaired) electrons. The van der Waals surface area contributed by atoms with E-state index < -0.39 is 5.97 Å². The van der Waals surface area contributed by atoms with Gasteiger partial charge in [0.15, 0.2) is 0 Å². The highest BCUT2D eigenvalue weighted by Gasteiger charge is 2.32. The normalized spacial score (nSPS) is 30.3. The lowest BCUT2D eigenvalue weighted by Gasteiger charge is -2.36. The summed E-state index contributed by atoms with van der Waals surface area (Å²) >= 11 is 0. The maximum atomic E-state index is 10.8. The summed E-state index contributed by atoms with van der Waals surface area (Å²) < 4.78 is 0. The van der Waals surface area contributed by atoms with Gasteiger partial charge in [-0.25, -0.2) is 0 Å². The number of hydrogen-bond donors (Lipinski definition) is 2. The van der Waals surface area contributed by atoms with Crippen LogP contribution in [0, 0.1) is 5.92 Å². The van der Waals surface area contributed by atoms with Gasteiger partial charge < -0.3 is 10.2 Å². The Morgan fingerprint density at radius 2 is 2.31 bits per heavy atom. The van der Waals surface area contributed by atoms with Crippen LogP contribution >= 0.6 is 0 Å². The van der Waals surface area contributed by atoms with Crippen LogP contribution in [0.1, 0.15) is 19.8 Å². The zero-order valence-corrected chi connectivity index (χ0v) is 7.94. The Morgan fingerprint density at radius 3 is 2.85 bits per heavy atom. The molecule has 0 saturated carbocycles. The van der Waals surface area contributed by atoms with Crippen molar-refractivity contribution in [3.05, 3.63) is 0 Å². The van der Waals surface area contributed by atoms with Crippen LogP contribution in [-0.4, -0.2) is 46.8 Å². The SMILES string of the molecule is CC1C(C(=O)O)CCCN1CCO. The standard InChI is InChI=1S/C9H17NO3/c1-7-8(9(12)13)3-2-4-10(7)5-6-11/h7-8,11H,2-6H2,1H3,(H,12,13). The topological polar surface area (TPSA) is 60.8 Å². The van der Waals surface area contributed by atoms with Crippen LogP contribution in [0.4, 0.5) is 0 Å². The first-order valence-corrected chi connectivity index (χ1v) is 4.74. The minimum atomic E-state index is -0.713. The Labute approximate surface area is 78.2 Å². The number of carbonyl (C=O) groups is 1. The number of aliphatic hydroxyl groups excluding tert-OH is 1. The van der Waals surface area contributed by atoms with Crippen LogP contribution in [0.5, 0.6) is 0 Å². The summed E-state index contributed by atoms with van der Waals surface area (Å²) in [6, 6.07) is 0.0541. The van der Waals surface area contributed by atoms with Crippen LogP contribution in [-0.2, 0) is 4.79 Å². The molecule has 76 valence electrons. The first kappa shape index (κ1) is 10.5. The molecule has 1 saturated heterocycles. The summed E-state index contributed by atoms with van der Waals surface area (Å²) in [5.74, 6) is -0.976. The maximum Gasteiger partial charge on any atom is 0.308 e. The fraction of sp³-hybridized carbons (Fsp3) is 0.889. The van der Waals surface area contributed by atoms with Gasteiger partial charge in [-0.1, -0.05) is 0 Å². The smallest absolute Gasteiger partial charge is 0.308 e. The summed E-state index contributed by atoms with van der Waals surface area (Å²) in [5.41, 5.74) is 0. The number of likely N-dealkylation sites (tertiary alicyclic amines) is 1. The minimum Gasteiger partial charge on any atom is -0.481 e. The van der Waals surface area contributed by atoms with E-state index in [0.717, 1.165) is 19.4 Å². The van der Waals surface area contributed by atoms with Crippen molar-refractivity contribution in [1.82, 2.24) is 4.90 Å². The fourth-order valence-corrected chi connectivity index (χ4v) is 1.99. The molecule has 0 amide bonds. The van der Waals surface area contributed by atoms with E-state index in [9.17, 15) is 4.79 Å². The maximum absolute atomic E-state index is 10.8. The third-order valence-corrected chi connectivity index (χ3v) is 2.82. The summed E-state index contributed by atoms with van der Waals surface area (Å²) in [7, 11) is 0. The highest BCUT2D eigenvalue weighted by Crippen LogP contribution is 2.23. The third kappa shape index (κ3) is 2.42. The van der Waals surface area contributed by atoms with Gasteiger partial charge in [0.2, 0.25) is 0 Å². The van der Waals surface area contributed by atoms with Crippen LogP contribution in [0.15, 0.2) is 0 Å². The largest absolute Gasteiger partial charge is 0.481 e. The van der Waals surface area contributed by atoms with Crippen LogP contribution < -0.4 is 0 Å². The van der Waals surface area contributed by atoms with Crippen molar-refractivity contribution < 1.29 is 15.0 Å². The summed E-state index contributed by atoms with van der Waals surface area (Å²) in [4.78, 5) is 12.9. The molecule has 2 atom stereocenters. The number of nitrogens with zero attached hydrogens (tertiary/aromatic N) is 1. The average molecular weight is 187 g/mol. The Hall–Kier alpha value is -0.610. The molecule has 0 spiro atoms. The molecule has 4 nitrogen and oxygen atoms in total. The lowest BCUT2D eigenvalue weighted by molar-refractivity contribution is -0.145. The van der Waals surface area contributed by atoms with Gasteiger partial charge in [0.25, 0.3) is 0 Å². The molecule has 1 aliphatic rings. The molecule has 2 unspecified atom stereocenters. The van der Waals surface area contributed by atoms with Crippen molar-refractivity contribution in [3.8, 4) is 0 Å². The number of carboxylic acids is 1. The molecule has 0 aromatic rings. The van der Waals surface area contributed by atoms with Crippen molar-refractivity contribution in [2.24, 2.45) is 5.92 Å². The second-order valence-electron chi connectivity index (χ2n) is 3.59. The predicted octanol–water partition coefficient (Wildman–Crippen LogP) is 0.164. The second kappa shape index (κ2) is 4.58. The lowest BCUT2D eigenvalue weighted by Crippen LogP contribution is -2.47. The number of hydrogen-bond acceptors (Lipinski definition) is 3. The zero-order valence-electron chi connectivity index (χ0n) is 7.94. The third-order valence-electron chi connectivity index (χ3n) is 2.82. The van der Waals surface area contributed by atoms with Gasteiger partial charge in [0.1, 0.15) is 0 Å². The molecule has 13 heavy (non-hydrogen) atoms. The Bertz CT molecular complexity index is 182. The van der Waals surface area contributed by atoms with E-state index in [2.05, 4.69) is 0 Å². The van der Waals surface area contributed by atoms with Gasteiger partial charge in [-0.05, 0) is 26.3 Å². The highest BCUT2D eigenvalue weighted by atomic mass is 16.4. The van der Waals surface area contributed by atoms with E-state index in [0.29, 0.717) is 6.54 Å². The molecule has 0 aromatic carbocycles. The first-order valence-electron chi connectivity index (χ1n) is 4.74. The van der Waals surface area contributed by atoms with E-state index >= 15 is 0 Å². The van der Waals surface area contributed by atoms with Crippen molar-refractivity contribution in [3.63, 3.8) is 0 Å². The fourth-order valence-electron chi connectivity index (χ4n) is 1.99. The first-order chi connectivity index (χ1) is 6.16. The van der Waals surface area contributed by atoms with Gasteiger partial charge in [-0.2, -0.15) is 0 Å². The van der Waals surface area contributed by atoms with Gasteiger partial charge in [-0.3, -0.25) is 9.69 Å². The number of aliphatic hydroxyl groups is 1. The molecule has 1 aliphatic heterocycles. The van der Waals surface area contributed by atoms with Gasteiger partial charge >= 0.3 is 5.97 Å². The number of β-amino-alcohol motifs (C(OH)–C–C–N with tert-alkyl or cyclic N) is 1. The molecule has 2 N–H and O–H groups in total. The van der Waals surface area contributed by atoms with Gasteiger partial charge in [0.05, 0.1) is 12.5 Å². The number of aliphatic carboxylic acids is 1. The summed E-state index contributed by atoms with van der Waals surface area (Å²) in [6.07, 6.45) is 1.68. The van der Waals surface area contributed by atoms with Crippen molar-refractivity contribution in [2.45, 2.75) is 25.8 Å². The second-order valence-corrected chi connectivity index (χ2v) is 3.59. The number of piperidine rings is 1. The molecule has 1 fully saturated rings. The molecule has 1 rings (SSSR count). The highest BCUT2D eigenvalue weighted by molar-refractivity contribution is 5.70. The predicted molar refractivity (Wildman–Crippen MR) is 48.5 cm³/mol. The summed E-state index contributed by atoms with van der Waals surface area (Å²) in [5, 5.41) is 17.7. The Morgan fingerprint density at radius 1 is 1.62 bits per heavy atom. The van der Waals surface area contributed by atoms with Crippen LogP contribution in [0.3, 0.4) is 0 Å². The van der Waals surface area contributed by atoms with Gasteiger partial charge in [-0.15, -0.1) is 0 Å². The monoisotopic (exact) mass is 187 g/mol. The number of carboxylic acid groups (broad SMARTS) is 1. The molecule has 0 bridgehead atoms. The molecular formula is C9H17NO3.